The average Bonchev–Trinajstić information content (AvgIpc) is 2.42. The number of likely N-dealkylation sites (N-methyl/N-ethyl adjacent to an activating group) is 1. The zero-order chi connectivity index (χ0) is 16.5. The Morgan fingerprint density at radius 2 is 1.18 bits per heavy atom. The number of rotatable bonds is 4. The van der Waals surface area contributed by atoms with Gasteiger partial charge in [0.05, 0.1) is 13.1 Å². The van der Waals surface area contributed by atoms with Gasteiger partial charge in [-0.3, -0.25) is 19.4 Å². The zero-order valence-corrected chi connectivity index (χ0v) is 13.6. The maximum absolute atomic E-state index is 11.0. The van der Waals surface area contributed by atoms with Crippen LogP contribution in [0.3, 0.4) is 0 Å². The molecule has 126 valence electrons. The van der Waals surface area contributed by atoms with Crippen LogP contribution in [0.5, 0.6) is 0 Å². The molecule has 0 amide bonds. The van der Waals surface area contributed by atoms with E-state index in [-0.39, 0.29) is 13.1 Å². The summed E-state index contributed by atoms with van der Waals surface area (Å²) in [6.07, 6.45) is 0. The molecule has 9 heteroatoms. The Morgan fingerprint density at radius 1 is 0.818 bits per heavy atom. The molecule has 0 aliphatic carbocycles. The molecule has 0 saturated carbocycles. The lowest BCUT2D eigenvalue weighted by molar-refractivity contribution is -0.140. The van der Waals surface area contributed by atoms with Crippen molar-refractivity contribution < 1.29 is 19.8 Å². The van der Waals surface area contributed by atoms with Crippen LogP contribution in [0.2, 0.25) is 0 Å². The molecule has 0 atom stereocenters. The molecule has 1 fully saturated rings. The van der Waals surface area contributed by atoms with E-state index in [0.717, 1.165) is 26.2 Å². The summed E-state index contributed by atoms with van der Waals surface area (Å²) in [5.74, 6) is -1.70. The summed E-state index contributed by atoms with van der Waals surface area (Å²) in [7, 11) is 4.07. The van der Waals surface area contributed by atoms with Crippen LogP contribution in [0, 0.1) is 0 Å². The molecular weight excluding hydrogens is 287 g/mol. The fraction of sp³-hybridized carbons (Fsp3) is 0.846. The van der Waals surface area contributed by atoms with Crippen LogP contribution in [0.15, 0.2) is 0 Å². The van der Waals surface area contributed by atoms with Crippen molar-refractivity contribution in [2.75, 3.05) is 72.5 Å². The average molecular weight is 314 g/mol. The molecule has 0 bridgehead atoms. The van der Waals surface area contributed by atoms with E-state index in [0.29, 0.717) is 26.2 Å². The summed E-state index contributed by atoms with van der Waals surface area (Å²) in [6.45, 7) is 5.91. The minimum Gasteiger partial charge on any atom is -0.480 e. The lowest BCUT2D eigenvalue weighted by atomic mass is 10.2. The molecule has 0 aromatic rings. The highest BCUT2D eigenvalue weighted by Gasteiger charge is 2.16. The Kier molecular flexibility index (Phi) is 8.40. The van der Waals surface area contributed by atoms with Gasteiger partial charge in [-0.15, -0.1) is 0 Å². The molecule has 1 rings (SSSR count). The van der Waals surface area contributed by atoms with E-state index in [1.54, 1.807) is 0 Å². The van der Waals surface area contributed by atoms with Gasteiger partial charge in [-0.05, 0) is 20.1 Å². The Bertz CT molecular complexity index is 338. The minimum absolute atomic E-state index is 0.00530. The van der Waals surface area contributed by atoms with E-state index >= 15 is 0 Å². The van der Waals surface area contributed by atoms with Crippen LogP contribution >= 0.6 is 0 Å². The molecule has 0 spiro atoms. The predicted octanol–water partition coefficient (Wildman–Crippen LogP) is -2.44. The van der Waals surface area contributed by atoms with E-state index < -0.39 is 11.9 Å². The van der Waals surface area contributed by atoms with E-state index in [4.69, 9.17) is 10.2 Å². The van der Waals surface area contributed by atoms with Gasteiger partial charge < -0.3 is 19.9 Å². The molecule has 8 nitrogen and oxygen atoms in total. The first-order valence-corrected chi connectivity index (χ1v) is 7.62. The van der Waals surface area contributed by atoms with Gasteiger partial charge in [-0.2, -0.15) is 0 Å². The molecule has 22 heavy (non-hydrogen) atoms. The molecule has 0 unspecified atom stereocenters. The van der Waals surface area contributed by atoms with Crippen LogP contribution in [0.4, 0.5) is 0 Å². The van der Waals surface area contributed by atoms with Crippen molar-refractivity contribution in [3.63, 3.8) is 0 Å². The van der Waals surface area contributed by atoms with Crippen LogP contribution in [0.1, 0.15) is 0 Å². The summed E-state index contributed by atoms with van der Waals surface area (Å²) in [5, 5.41) is 18.0. The van der Waals surface area contributed by atoms with E-state index in [9.17, 15) is 9.59 Å². The number of nitrogens with zero attached hydrogens (tertiary/aromatic N) is 4. The summed E-state index contributed by atoms with van der Waals surface area (Å²) in [4.78, 5) is 30.1. The number of hydrogen-bond acceptors (Lipinski definition) is 6. The van der Waals surface area contributed by atoms with E-state index in [2.05, 4.69) is 9.71 Å². The van der Waals surface area contributed by atoms with Crippen molar-refractivity contribution in [1.82, 2.24) is 19.5 Å². The molecular formula is C13H27BN4O4. The summed E-state index contributed by atoms with van der Waals surface area (Å²) in [5.41, 5.74) is 0. The SMILES string of the molecule is BN1CCN(C)CCN(CC(=O)O)CCN(CC(=O)O)CC1. The van der Waals surface area contributed by atoms with Crippen molar-refractivity contribution in [2.24, 2.45) is 0 Å². The monoisotopic (exact) mass is 314 g/mol. The molecule has 0 radical (unpaired) electrons. The lowest BCUT2D eigenvalue weighted by Gasteiger charge is -2.31. The predicted molar refractivity (Wildman–Crippen MR) is 85.8 cm³/mol. The third-order valence-corrected chi connectivity index (χ3v) is 3.91. The third kappa shape index (κ3) is 8.33. The van der Waals surface area contributed by atoms with Gasteiger partial charge in [-0.1, -0.05) is 0 Å². The second kappa shape index (κ2) is 9.78. The molecule has 2 N–H and O–H groups in total. The van der Waals surface area contributed by atoms with E-state index in [1.165, 1.54) is 0 Å². The molecule has 1 saturated heterocycles. The largest absolute Gasteiger partial charge is 0.480 e. The summed E-state index contributed by atoms with van der Waals surface area (Å²) in [6, 6.07) is 0. The number of carboxylic acids is 2. The zero-order valence-electron chi connectivity index (χ0n) is 13.6. The first-order chi connectivity index (χ1) is 10.4. The summed E-state index contributed by atoms with van der Waals surface area (Å²) < 4.78 is 0. The van der Waals surface area contributed by atoms with Gasteiger partial charge in [0.2, 0.25) is 0 Å². The van der Waals surface area contributed by atoms with Crippen LogP contribution < -0.4 is 0 Å². The molecule has 1 heterocycles. The molecule has 1 aliphatic heterocycles. The van der Waals surface area contributed by atoms with Crippen molar-refractivity contribution in [1.29, 1.82) is 0 Å². The van der Waals surface area contributed by atoms with Crippen molar-refractivity contribution >= 4 is 19.9 Å². The quantitative estimate of drug-likeness (QED) is 0.553. The lowest BCUT2D eigenvalue weighted by Crippen LogP contribution is -2.46. The normalized spacial score (nSPS) is 21.9. The van der Waals surface area contributed by atoms with Crippen LogP contribution in [-0.4, -0.2) is 122 Å². The topological polar surface area (TPSA) is 87.6 Å². The first kappa shape index (κ1) is 18.9. The smallest absolute Gasteiger partial charge is 0.317 e. The Hall–Kier alpha value is -1.16. The molecule has 1 aliphatic rings. The summed E-state index contributed by atoms with van der Waals surface area (Å²) >= 11 is 0. The second-order valence-corrected chi connectivity index (χ2v) is 5.95. The van der Waals surface area contributed by atoms with Crippen molar-refractivity contribution in [2.45, 2.75) is 0 Å². The fourth-order valence-electron chi connectivity index (χ4n) is 2.39. The highest BCUT2D eigenvalue weighted by molar-refractivity contribution is 6.04. The van der Waals surface area contributed by atoms with Gasteiger partial charge >= 0.3 is 11.9 Å². The fourth-order valence-corrected chi connectivity index (χ4v) is 2.39. The first-order valence-electron chi connectivity index (χ1n) is 7.62. The number of hydrogen-bond donors (Lipinski definition) is 2. The highest BCUT2D eigenvalue weighted by atomic mass is 16.4. The van der Waals surface area contributed by atoms with Gasteiger partial charge in [-0.25, -0.2) is 0 Å². The Labute approximate surface area is 132 Å². The Morgan fingerprint density at radius 3 is 1.68 bits per heavy atom. The minimum atomic E-state index is -0.848. The second-order valence-electron chi connectivity index (χ2n) is 5.95. The Balaban J connectivity index is 2.66. The van der Waals surface area contributed by atoms with Gasteiger partial charge in [0.25, 0.3) is 0 Å². The maximum Gasteiger partial charge on any atom is 0.317 e. The molecule has 0 aromatic heterocycles. The van der Waals surface area contributed by atoms with Crippen LogP contribution in [0.25, 0.3) is 0 Å². The number of carbonyl (C=O) groups is 2. The highest BCUT2D eigenvalue weighted by Crippen LogP contribution is 1.98. The third-order valence-electron chi connectivity index (χ3n) is 3.91. The van der Waals surface area contributed by atoms with Gasteiger partial charge in [0.15, 0.2) is 7.98 Å². The number of carboxylic acid groups (broad SMARTS) is 2. The van der Waals surface area contributed by atoms with Crippen molar-refractivity contribution in [3.05, 3.63) is 0 Å². The van der Waals surface area contributed by atoms with E-state index in [1.807, 2.05) is 24.8 Å². The molecule has 0 aromatic carbocycles. The van der Waals surface area contributed by atoms with Gasteiger partial charge in [0.1, 0.15) is 0 Å². The maximum atomic E-state index is 11.0. The van der Waals surface area contributed by atoms with Crippen molar-refractivity contribution in [3.8, 4) is 0 Å². The van der Waals surface area contributed by atoms with Crippen LogP contribution in [-0.2, 0) is 9.59 Å². The van der Waals surface area contributed by atoms with Gasteiger partial charge in [0, 0.05) is 39.3 Å². The standard InChI is InChI=1S/C13H27BN4O4/c1-15-2-4-16(10-12(19)20)5-6-17(11-13(21)22)7-9-18(14)8-3-15/h2-11,14H2,1H3,(H,19,20)(H,21,22). The number of aliphatic carboxylic acids is 2.